The summed E-state index contributed by atoms with van der Waals surface area (Å²) >= 11 is 1.39. The number of ether oxygens (including phenoxy) is 1. The Kier molecular flexibility index (Phi) is 6.27. The topological polar surface area (TPSA) is 87.1 Å². The summed E-state index contributed by atoms with van der Waals surface area (Å²) in [6, 6.07) is 7.79. The van der Waals surface area contributed by atoms with Gasteiger partial charge < -0.3 is 13.7 Å². The van der Waals surface area contributed by atoms with Crippen molar-refractivity contribution in [3.05, 3.63) is 47.4 Å². The van der Waals surface area contributed by atoms with Gasteiger partial charge in [-0.25, -0.2) is 0 Å². The van der Waals surface area contributed by atoms with Gasteiger partial charge in [0.25, 0.3) is 5.22 Å². The van der Waals surface area contributed by atoms with E-state index < -0.39 is 0 Å². The summed E-state index contributed by atoms with van der Waals surface area (Å²) < 4.78 is 16.2. The molecule has 8 heteroatoms. The van der Waals surface area contributed by atoms with Gasteiger partial charge in [-0.15, -0.1) is 10.2 Å². The molecule has 3 rings (SSSR count). The average molecular weight is 374 g/mol. The zero-order chi connectivity index (χ0) is 18.4. The van der Waals surface area contributed by atoms with Crippen LogP contribution < -0.4 is 4.74 Å². The molecule has 0 bridgehead atoms. The third kappa shape index (κ3) is 5.32. The fourth-order valence-electron chi connectivity index (χ4n) is 2.32. The quantitative estimate of drug-likeness (QED) is 0.521. The highest BCUT2D eigenvalue weighted by Gasteiger charge is 2.12. The van der Waals surface area contributed by atoms with Crippen LogP contribution in [-0.4, -0.2) is 27.4 Å². The lowest BCUT2D eigenvalue weighted by Crippen LogP contribution is -1.94. The molecule has 1 aromatic carbocycles. The predicted molar refractivity (Wildman–Crippen MR) is 97.1 cm³/mol. The number of hydrogen-bond donors (Lipinski definition) is 0. The van der Waals surface area contributed by atoms with Gasteiger partial charge in [-0.2, -0.15) is 4.98 Å². The summed E-state index contributed by atoms with van der Waals surface area (Å²) in [5.41, 5.74) is 1.05. The lowest BCUT2D eigenvalue weighted by atomic mass is 10.1. The first-order valence-corrected chi connectivity index (χ1v) is 9.50. The third-order valence-electron chi connectivity index (χ3n) is 3.71. The fraction of sp³-hybridized carbons (Fsp3) is 0.444. The molecule has 0 amide bonds. The van der Waals surface area contributed by atoms with Gasteiger partial charge in [-0.1, -0.05) is 42.9 Å². The second kappa shape index (κ2) is 8.84. The first-order valence-electron chi connectivity index (χ1n) is 8.52. The van der Waals surface area contributed by atoms with E-state index in [4.69, 9.17) is 13.7 Å². The summed E-state index contributed by atoms with van der Waals surface area (Å²) in [5.74, 6) is 3.81. The van der Waals surface area contributed by atoms with Gasteiger partial charge in [0.1, 0.15) is 5.75 Å². The summed E-state index contributed by atoms with van der Waals surface area (Å²) in [6.07, 6.45) is 2.44. The third-order valence-corrected chi connectivity index (χ3v) is 4.52. The molecule has 0 N–H and O–H groups in total. The Labute approximate surface area is 156 Å². The molecule has 2 aromatic heterocycles. The zero-order valence-corrected chi connectivity index (χ0v) is 16.0. The number of benzene rings is 1. The lowest BCUT2D eigenvalue weighted by Gasteiger charge is -2.01. The van der Waals surface area contributed by atoms with Crippen molar-refractivity contribution in [1.29, 1.82) is 0 Å². The molecular formula is C18H22N4O3S. The highest BCUT2D eigenvalue weighted by Crippen LogP contribution is 2.22. The standard InChI is InChI=1S/C18H22N4O3S/c1-12(2)7-8-15-19-17(25-22-15)11-26-18-21-20-16(24-18)10-13-5-4-6-14(9-13)23-3/h4-6,9,12H,7-8,10-11H2,1-3H3. The van der Waals surface area contributed by atoms with E-state index in [2.05, 4.69) is 34.2 Å². The smallest absolute Gasteiger partial charge is 0.277 e. The van der Waals surface area contributed by atoms with Crippen molar-refractivity contribution < 1.29 is 13.7 Å². The van der Waals surface area contributed by atoms with Gasteiger partial charge in [0.2, 0.25) is 11.8 Å². The largest absolute Gasteiger partial charge is 0.497 e. The van der Waals surface area contributed by atoms with Gasteiger partial charge >= 0.3 is 0 Å². The molecule has 0 spiro atoms. The molecule has 3 aromatic rings. The molecule has 0 saturated heterocycles. The number of methoxy groups -OCH3 is 1. The maximum Gasteiger partial charge on any atom is 0.277 e. The van der Waals surface area contributed by atoms with Crippen LogP contribution in [0.2, 0.25) is 0 Å². The highest BCUT2D eigenvalue weighted by atomic mass is 32.2. The van der Waals surface area contributed by atoms with Crippen LogP contribution in [0.5, 0.6) is 5.75 Å². The van der Waals surface area contributed by atoms with E-state index in [1.807, 2.05) is 24.3 Å². The summed E-state index contributed by atoms with van der Waals surface area (Å²) in [5, 5.41) is 12.6. The van der Waals surface area contributed by atoms with Crippen LogP contribution in [0.1, 0.15) is 43.4 Å². The van der Waals surface area contributed by atoms with E-state index in [0.717, 1.165) is 30.0 Å². The van der Waals surface area contributed by atoms with Crippen molar-refractivity contribution in [2.75, 3.05) is 7.11 Å². The van der Waals surface area contributed by atoms with Crippen molar-refractivity contribution in [2.45, 2.75) is 44.1 Å². The molecule has 2 heterocycles. The van der Waals surface area contributed by atoms with E-state index in [-0.39, 0.29) is 0 Å². The number of aryl methyl sites for hydroxylation is 1. The van der Waals surface area contributed by atoms with Crippen molar-refractivity contribution in [2.24, 2.45) is 5.92 Å². The van der Waals surface area contributed by atoms with Gasteiger partial charge in [-0.05, 0) is 30.0 Å². The molecule has 0 aliphatic carbocycles. The van der Waals surface area contributed by atoms with Crippen LogP contribution in [0.25, 0.3) is 0 Å². The molecule has 26 heavy (non-hydrogen) atoms. The average Bonchev–Trinajstić information content (AvgIpc) is 3.27. The molecule has 0 fully saturated rings. The molecule has 0 atom stereocenters. The first-order chi connectivity index (χ1) is 12.6. The molecule has 0 unspecified atom stereocenters. The van der Waals surface area contributed by atoms with Crippen LogP contribution in [0, 0.1) is 5.92 Å². The molecule has 0 saturated carbocycles. The highest BCUT2D eigenvalue weighted by molar-refractivity contribution is 7.98. The van der Waals surface area contributed by atoms with Crippen LogP contribution in [0.4, 0.5) is 0 Å². The van der Waals surface area contributed by atoms with Crippen molar-refractivity contribution in [3.63, 3.8) is 0 Å². The molecule has 0 radical (unpaired) electrons. The summed E-state index contributed by atoms with van der Waals surface area (Å²) in [6.45, 7) is 4.35. The first kappa shape index (κ1) is 18.4. The number of aromatic nitrogens is 4. The van der Waals surface area contributed by atoms with Gasteiger partial charge in [0.15, 0.2) is 5.82 Å². The maximum absolute atomic E-state index is 5.68. The number of thioether (sulfide) groups is 1. The van der Waals surface area contributed by atoms with Crippen LogP contribution in [-0.2, 0) is 18.6 Å². The van der Waals surface area contributed by atoms with E-state index in [1.165, 1.54) is 11.8 Å². The van der Waals surface area contributed by atoms with E-state index >= 15 is 0 Å². The van der Waals surface area contributed by atoms with E-state index in [1.54, 1.807) is 7.11 Å². The number of hydrogen-bond acceptors (Lipinski definition) is 8. The Morgan fingerprint density at radius 2 is 2.08 bits per heavy atom. The molecule has 138 valence electrons. The van der Waals surface area contributed by atoms with Crippen molar-refractivity contribution in [1.82, 2.24) is 20.3 Å². The molecular weight excluding hydrogens is 352 g/mol. The van der Waals surface area contributed by atoms with E-state index in [0.29, 0.717) is 35.1 Å². The minimum absolute atomic E-state index is 0.491. The Bertz CT molecular complexity index is 831. The summed E-state index contributed by atoms with van der Waals surface area (Å²) in [7, 11) is 1.65. The zero-order valence-electron chi connectivity index (χ0n) is 15.1. The van der Waals surface area contributed by atoms with Crippen LogP contribution in [0.15, 0.2) is 38.4 Å². The Hall–Kier alpha value is -2.35. The number of nitrogens with zero attached hydrogens (tertiary/aromatic N) is 4. The van der Waals surface area contributed by atoms with Gasteiger partial charge in [-0.3, -0.25) is 0 Å². The maximum atomic E-state index is 5.68. The minimum Gasteiger partial charge on any atom is -0.497 e. The van der Waals surface area contributed by atoms with E-state index in [9.17, 15) is 0 Å². The normalized spacial score (nSPS) is 11.2. The Morgan fingerprint density at radius 3 is 2.88 bits per heavy atom. The second-order valence-electron chi connectivity index (χ2n) is 6.32. The van der Waals surface area contributed by atoms with Gasteiger partial charge in [0, 0.05) is 6.42 Å². The fourth-order valence-corrected chi connectivity index (χ4v) is 2.93. The monoisotopic (exact) mass is 374 g/mol. The summed E-state index contributed by atoms with van der Waals surface area (Å²) in [4.78, 5) is 4.39. The molecule has 0 aliphatic heterocycles. The van der Waals surface area contributed by atoms with Crippen LogP contribution in [0.3, 0.4) is 0 Å². The van der Waals surface area contributed by atoms with Crippen molar-refractivity contribution in [3.8, 4) is 5.75 Å². The molecule has 7 nitrogen and oxygen atoms in total. The Morgan fingerprint density at radius 1 is 1.19 bits per heavy atom. The van der Waals surface area contributed by atoms with Gasteiger partial charge in [0.05, 0.1) is 19.3 Å². The second-order valence-corrected chi connectivity index (χ2v) is 7.24. The Balaban J connectivity index is 1.52. The SMILES string of the molecule is COc1cccc(Cc2nnc(SCc3nc(CCC(C)C)no3)o2)c1. The molecule has 0 aliphatic rings. The number of rotatable bonds is 9. The minimum atomic E-state index is 0.491. The predicted octanol–water partition coefficient (Wildman–Crippen LogP) is 3.93. The lowest BCUT2D eigenvalue weighted by molar-refractivity contribution is 0.381. The van der Waals surface area contributed by atoms with Crippen LogP contribution >= 0.6 is 11.8 Å². The van der Waals surface area contributed by atoms with Crippen molar-refractivity contribution >= 4 is 11.8 Å².